The van der Waals surface area contributed by atoms with E-state index in [0.29, 0.717) is 0 Å². The second-order valence-electron chi connectivity index (χ2n) is 5.17. The van der Waals surface area contributed by atoms with Crippen LogP contribution in [0.25, 0.3) is 0 Å². The van der Waals surface area contributed by atoms with Gasteiger partial charge in [0.2, 0.25) is 0 Å². The first-order chi connectivity index (χ1) is 12.0. The Labute approximate surface area is 150 Å². The normalized spacial score (nSPS) is 12.0. The molecule has 1 unspecified atom stereocenters. The van der Waals surface area contributed by atoms with Crippen LogP contribution in [0, 0.1) is 11.6 Å². The van der Waals surface area contributed by atoms with Crippen LogP contribution in [0.3, 0.4) is 0 Å². The van der Waals surface area contributed by atoms with Crippen LogP contribution < -0.4 is 10.6 Å². The van der Waals surface area contributed by atoms with Crippen LogP contribution in [-0.2, 0) is 6.54 Å². The number of carbonyl (C=O) groups excluding carboxylic acids is 1. The summed E-state index contributed by atoms with van der Waals surface area (Å²) in [5, 5.41) is 18.7. The second kappa shape index (κ2) is 7.73. The number of para-hydroxylation sites is 1. The van der Waals surface area contributed by atoms with Crippen LogP contribution in [-0.4, -0.2) is 11.1 Å². The van der Waals surface area contributed by atoms with E-state index in [-0.39, 0.29) is 6.54 Å². The number of rotatable bonds is 5. The van der Waals surface area contributed by atoms with E-state index in [1.165, 1.54) is 28.7 Å². The van der Waals surface area contributed by atoms with Crippen LogP contribution >= 0.6 is 22.7 Å². The molecule has 0 saturated carbocycles. The number of aliphatic hydroxyl groups excluding tert-OH is 1. The lowest BCUT2D eigenvalue weighted by Gasteiger charge is -2.08. The van der Waals surface area contributed by atoms with Crippen molar-refractivity contribution in [1.82, 2.24) is 5.32 Å². The highest BCUT2D eigenvalue weighted by Gasteiger charge is 2.15. The average Bonchev–Trinajstić information content (AvgIpc) is 3.27. The largest absolute Gasteiger partial charge is 0.383 e. The highest BCUT2D eigenvalue weighted by atomic mass is 32.1. The first kappa shape index (κ1) is 17.5. The number of anilines is 1. The molecule has 3 N–H and O–H groups in total. The zero-order valence-electron chi connectivity index (χ0n) is 12.8. The lowest BCUT2D eigenvalue weighted by Crippen LogP contribution is -2.28. The quantitative estimate of drug-likeness (QED) is 0.611. The number of amides is 2. The molecule has 0 saturated heterocycles. The Morgan fingerprint density at radius 2 is 1.92 bits per heavy atom. The molecule has 4 nitrogen and oxygen atoms in total. The number of aliphatic hydroxyl groups is 1. The van der Waals surface area contributed by atoms with Crippen molar-refractivity contribution in [3.8, 4) is 0 Å². The van der Waals surface area contributed by atoms with E-state index in [2.05, 4.69) is 10.6 Å². The molecule has 0 spiro atoms. The number of halogens is 2. The minimum Gasteiger partial charge on any atom is -0.383 e. The van der Waals surface area contributed by atoms with Crippen molar-refractivity contribution >= 4 is 34.4 Å². The van der Waals surface area contributed by atoms with Crippen molar-refractivity contribution in [3.05, 3.63) is 74.1 Å². The minimum atomic E-state index is -0.840. The molecule has 25 heavy (non-hydrogen) atoms. The highest BCUT2D eigenvalue weighted by Crippen LogP contribution is 2.29. The average molecular weight is 380 g/mol. The zero-order chi connectivity index (χ0) is 17.8. The van der Waals surface area contributed by atoms with Gasteiger partial charge in [-0.25, -0.2) is 13.6 Å². The molecule has 3 rings (SSSR count). The monoisotopic (exact) mass is 380 g/mol. The summed E-state index contributed by atoms with van der Waals surface area (Å²) in [6.45, 7) is 0.183. The van der Waals surface area contributed by atoms with E-state index >= 15 is 0 Å². The van der Waals surface area contributed by atoms with Crippen LogP contribution in [0.4, 0.5) is 19.3 Å². The molecule has 130 valence electrons. The Bertz CT molecular complexity index is 845. The van der Waals surface area contributed by atoms with Gasteiger partial charge in [0.05, 0.1) is 6.54 Å². The second-order valence-corrected chi connectivity index (χ2v) is 7.15. The van der Waals surface area contributed by atoms with Crippen molar-refractivity contribution in [2.75, 3.05) is 5.32 Å². The van der Waals surface area contributed by atoms with Gasteiger partial charge < -0.3 is 15.7 Å². The molecule has 2 heterocycles. The topological polar surface area (TPSA) is 61.4 Å². The number of carbonyl (C=O) groups is 1. The molecule has 0 fully saturated rings. The molecule has 8 heteroatoms. The summed E-state index contributed by atoms with van der Waals surface area (Å²) in [7, 11) is 0. The summed E-state index contributed by atoms with van der Waals surface area (Å²) in [6, 6.07) is 8.07. The highest BCUT2D eigenvalue weighted by molar-refractivity contribution is 7.12. The van der Waals surface area contributed by atoms with Gasteiger partial charge in [0.1, 0.15) is 23.4 Å². The summed E-state index contributed by atoms with van der Waals surface area (Å²) >= 11 is 2.86. The maximum atomic E-state index is 13.5. The lowest BCUT2D eigenvalue weighted by molar-refractivity contribution is 0.224. The molecule has 0 aliphatic carbocycles. The SMILES string of the molecule is O=C(NCc1ccc(C(O)c2ccsc2)s1)Nc1c(F)cccc1F. The summed E-state index contributed by atoms with van der Waals surface area (Å²) in [6.07, 6.45) is -0.702. The molecule has 1 aromatic carbocycles. The van der Waals surface area contributed by atoms with E-state index in [4.69, 9.17) is 0 Å². The van der Waals surface area contributed by atoms with E-state index in [1.807, 2.05) is 16.8 Å². The van der Waals surface area contributed by atoms with Crippen LogP contribution in [0.15, 0.2) is 47.2 Å². The summed E-state index contributed by atoms with van der Waals surface area (Å²) in [4.78, 5) is 13.4. The predicted molar refractivity (Wildman–Crippen MR) is 94.9 cm³/mol. The van der Waals surface area contributed by atoms with Crippen LogP contribution in [0.1, 0.15) is 21.4 Å². The van der Waals surface area contributed by atoms with Gasteiger partial charge >= 0.3 is 6.03 Å². The van der Waals surface area contributed by atoms with Crippen LogP contribution in [0.5, 0.6) is 0 Å². The number of thiophene rings is 2. The van der Waals surface area contributed by atoms with Crippen molar-refractivity contribution in [2.24, 2.45) is 0 Å². The Balaban J connectivity index is 1.58. The van der Waals surface area contributed by atoms with E-state index < -0.39 is 29.5 Å². The Morgan fingerprint density at radius 3 is 2.60 bits per heavy atom. The van der Waals surface area contributed by atoms with Gasteiger partial charge in [-0.1, -0.05) is 6.07 Å². The van der Waals surface area contributed by atoms with Crippen molar-refractivity contribution in [2.45, 2.75) is 12.6 Å². The van der Waals surface area contributed by atoms with Gasteiger partial charge in [0, 0.05) is 9.75 Å². The third-order valence-electron chi connectivity index (χ3n) is 3.44. The van der Waals surface area contributed by atoms with Crippen molar-refractivity contribution in [1.29, 1.82) is 0 Å². The Morgan fingerprint density at radius 1 is 1.16 bits per heavy atom. The first-order valence-electron chi connectivity index (χ1n) is 7.32. The van der Waals surface area contributed by atoms with Crippen LogP contribution in [0.2, 0.25) is 0 Å². The summed E-state index contributed by atoms with van der Waals surface area (Å²) < 4.78 is 27.0. The maximum absolute atomic E-state index is 13.5. The van der Waals surface area contributed by atoms with E-state index in [0.717, 1.165) is 27.5 Å². The van der Waals surface area contributed by atoms with Gasteiger partial charge in [-0.05, 0) is 46.7 Å². The predicted octanol–water partition coefficient (Wildman–Crippen LogP) is 4.49. The third-order valence-corrected chi connectivity index (χ3v) is 5.27. The molecule has 3 aromatic rings. The van der Waals surface area contributed by atoms with Crippen molar-refractivity contribution < 1.29 is 18.7 Å². The minimum absolute atomic E-state index is 0.183. The summed E-state index contributed by atoms with van der Waals surface area (Å²) in [5.74, 6) is -1.68. The molecule has 2 aromatic heterocycles. The number of nitrogens with one attached hydrogen (secondary N) is 2. The fourth-order valence-corrected chi connectivity index (χ4v) is 3.82. The number of benzene rings is 1. The molecule has 1 atom stereocenters. The molecular formula is C17H14F2N2O2S2. The van der Waals surface area contributed by atoms with Gasteiger partial charge in [0.15, 0.2) is 0 Å². The number of urea groups is 1. The summed E-state index contributed by atoms with van der Waals surface area (Å²) in [5.41, 5.74) is 0.332. The molecule has 0 bridgehead atoms. The Hall–Kier alpha value is -2.29. The third kappa shape index (κ3) is 4.22. The molecule has 2 amide bonds. The number of hydrogen-bond donors (Lipinski definition) is 3. The fourth-order valence-electron chi connectivity index (χ4n) is 2.17. The van der Waals surface area contributed by atoms with Gasteiger partial charge in [-0.3, -0.25) is 0 Å². The Kier molecular flexibility index (Phi) is 5.42. The molecular weight excluding hydrogens is 366 g/mol. The number of hydrogen-bond acceptors (Lipinski definition) is 4. The molecule has 0 aliphatic heterocycles. The standard InChI is InChI=1S/C17H14F2N2O2S2/c18-12-2-1-3-13(19)15(12)21-17(23)20-8-11-4-5-14(25-11)16(22)10-6-7-24-9-10/h1-7,9,16,22H,8H2,(H2,20,21,23). The zero-order valence-corrected chi connectivity index (χ0v) is 14.5. The van der Waals surface area contributed by atoms with Gasteiger partial charge in [-0.2, -0.15) is 11.3 Å². The van der Waals surface area contributed by atoms with E-state index in [9.17, 15) is 18.7 Å². The van der Waals surface area contributed by atoms with Gasteiger partial charge in [-0.15, -0.1) is 11.3 Å². The molecule has 0 radical (unpaired) electrons. The van der Waals surface area contributed by atoms with Gasteiger partial charge in [0.25, 0.3) is 0 Å². The van der Waals surface area contributed by atoms with Crippen molar-refractivity contribution in [3.63, 3.8) is 0 Å². The van der Waals surface area contributed by atoms with E-state index in [1.54, 1.807) is 12.1 Å². The molecule has 0 aliphatic rings. The fraction of sp³-hybridized carbons (Fsp3) is 0.118. The lowest BCUT2D eigenvalue weighted by atomic mass is 10.2. The smallest absolute Gasteiger partial charge is 0.319 e. The maximum Gasteiger partial charge on any atom is 0.319 e. The first-order valence-corrected chi connectivity index (χ1v) is 9.08.